The van der Waals surface area contributed by atoms with E-state index < -0.39 is 6.10 Å². The van der Waals surface area contributed by atoms with Crippen molar-refractivity contribution in [3.05, 3.63) is 85.1 Å². The summed E-state index contributed by atoms with van der Waals surface area (Å²) in [5.41, 5.74) is 0. The van der Waals surface area contributed by atoms with E-state index in [0.717, 1.165) is 70.6 Å². The number of carbonyl (C=O) groups excluding carboxylic acids is 1. The van der Waals surface area contributed by atoms with E-state index in [-0.39, 0.29) is 19.2 Å². The van der Waals surface area contributed by atoms with Gasteiger partial charge >= 0.3 is 5.97 Å². The van der Waals surface area contributed by atoms with E-state index in [0.29, 0.717) is 13.0 Å². The number of hydrogen-bond acceptors (Lipinski definition) is 4. The van der Waals surface area contributed by atoms with Gasteiger partial charge < -0.3 is 14.6 Å². The van der Waals surface area contributed by atoms with Gasteiger partial charge in [-0.2, -0.15) is 0 Å². The second-order valence-electron chi connectivity index (χ2n) is 13.0. The molecule has 0 aliphatic rings. The van der Waals surface area contributed by atoms with Crippen molar-refractivity contribution in [1.82, 2.24) is 0 Å². The number of unbranched alkanes of at least 4 members (excludes halogenated alkanes) is 14. The number of hydrogen-bond donors (Lipinski definition) is 1. The highest BCUT2D eigenvalue weighted by molar-refractivity contribution is 5.69. The van der Waals surface area contributed by atoms with E-state index in [2.05, 4.69) is 98.9 Å². The lowest BCUT2D eigenvalue weighted by Crippen LogP contribution is -2.27. The van der Waals surface area contributed by atoms with Gasteiger partial charge in [0.15, 0.2) is 0 Å². The molecule has 0 aliphatic heterocycles. The van der Waals surface area contributed by atoms with Crippen LogP contribution in [0, 0.1) is 0 Å². The highest BCUT2D eigenvalue weighted by Gasteiger charge is 2.13. The number of esters is 1. The van der Waals surface area contributed by atoms with Crippen LogP contribution < -0.4 is 0 Å². The van der Waals surface area contributed by atoms with Gasteiger partial charge in [0.05, 0.1) is 13.2 Å². The van der Waals surface area contributed by atoms with Crippen LogP contribution in [0.2, 0.25) is 0 Å². The molecule has 0 saturated carbocycles. The lowest BCUT2D eigenvalue weighted by atomic mass is 10.1. The van der Waals surface area contributed by atoms with Gasteiger partial charge in [0.2, 0.25) is 0 Å². The molecular formula is C45H76O4. The van der Waals surface area contributed by atoms with Crippen molar-refractivity contribution < 1.29 is 19.4 Å². The van der Waals surface area contributed by atoms with E-state index in [4.69, 9.17) is 9.47 Å². The molecule has 280 valence electrons. The first-order valence-corrected chi connectivity index (χ1v) is 20.2. The Labute approximate surface area is 303 Å². The minimum atomic E-state index is -0.549. The topological polar surface area (TPSA) is 55.8 Å². The second-order valence-corrected chi connectivity index (χ2v) is 13.0. The highest BCUT2D eigenvalue weighted by atomic mass is 16.6. The molecule has 1 unspecified atom stereocenters. The Kier molecular flexibility index (Phi) is 39.7. The van der Waals surface area contributed by atoms with Gasteiger partial charge in [0.25, 0.3) is 0 Å². The predicted molar refractivity (Wildman–Crippen MR) is 214 cm³/mol. The van der Waals surface area contributed by atoms with E-state index >= 15 is 0 Å². The summed E-state index contributed by atoms with van der Waals surface area (Å²) in [6.07, 6.45) is 57.7. The standard InChI is InChI=1S/C45H76O4/c1-3-5-7-9-11-13-15-17-18-19-20-21-22-23-24-25-26-27-28-29-30-32-34-36-38-40-45(47)49-44(42-46)43-48-41-39-37-35-33-31-16-14-12-10-8-6-4-2/h5,7,10-13,17-18,20-21,23-24,26-27,44,46H,3-4,6,8-9,14-16,19,22,25,28-43H2,1-2H3/b7-5-,12-10-,13-11-,18-17-,21-20-,24-23-,27-26-. The smallest absolute Gasteiger partial charge is 0.306 e. The molecule has 0 amide bonds. The van der Waals surface area contributed by atoms with E-state index in [1.54, 1.807) is 0 Å². The number of aliphatic hydroxyl groups excluding tert-OH is 1. The van der Waals surface area contributed by atoms with Gasteiger partial charge in [0, 0.05) is 13.0 Å². The van der Waals surface area contributed by atoms with E-state index in [9.17, 15) is 9.90 Å². The summed E-state index contributed by atoms with van der Waals surface area (Å²) >= 11 is 0. The van der Waals surface area contributed by atoms with Crippen LogP contribution in [0.1, 0.15) is 168 Å². The average Bonchev–Trinajstić information content (AvgIpc) is 3.11. The maximum absolute atomic E-state index is 12.2. The van der Waals surface area contributed by atoms with Crippen molar-refractivity contribution in [3.8, 4) is 0 Å². The van der Waals surface area contributed by atoms with Gasteiger partial charge in [-0.3, -0.25) is 4.79 Å². The van der Waals surface area contributed by atoms with Crippen LogP contribution >= 0.6 is 0 Å². The molecule has 4 nitrogen and oxygen atoms in total. The maximum Gasteiger partial charge on any atom is 0.306 e. The maximum atomic E-state index is 12.2. The minimum Gasteiger partial charge on any atom is -0.457 e. The molecule has 49 heavy (non-hydrogen) atoms. The number of rotatable bonds is 36. The molecule has 0 rings (SSSR count). The van der Waals surface area contributed by atoms with Gasteiger partial charge in [-0.25, -0.2) is 0 Å². The third kappa shape index (κ3) is 39.9. The molecule has 0 spiro atoms. The van der Waals surface area contributed by atoms with Crippen molar-refractivity contribution >= 4 is 5.97 Å². The van der Waals surface area contributed by atoms with Crippen LogP contribution in [0.4, 0.5) is 0 Å². The molecule has 0 bridgehead atoms. The zero-order valence-electron chi connectivity index (χ0n) is 31.9. The van der Waals surface area contributed by atoms with Gasteiger partial charge in [-0.05, 0) is 83.5 Å². The van der Waals surface area contributed by atoms with E-state index in [1.165, 1.54) is 77.0 Å². The van der Waals surface area contributed by atoms with Gasteiger partial charge in [0.1, 0.15) is 6.10 Å². The molecule has 0 aromatic rings. The first-order valence-electron chi connectivity index (χ1n) is 20.2. The fourth-order valence-corrected chi connectivity index (χ4v) is 5.19. The van der Waals surface area contributed by atoms with Crippen LogP contribution in [-0.4, -0.2) is 37.0 Å². The van der Waals surface area contributed by atoms with Crippen molar-refractivity contribution in [2.24, 2.45) is 0 Å². The SMILES string of the molecule is CC/C=C\C/C=C\C/C=C\C/C=C\C/C=C\C/C=C\CCCCCCCCC(=O)OC(CO)COCCCCCCCC/C=C\CCCC. The quantitative estimate of drug-likeness (QED) is 0.0406. The molecule has 0 aliphatic carbocycles. The second kappa shape index (κ2) is 41.7. The summed E-state index contributed by atoms with van der Waals surface area (Å²) in [4.78, 5) is 12.2. The van der Waals surface area contributed by atoms with Crippen LogP contribution in [0.3, 0.4) is 0 Å². The van der Waals surface area contributed by atoms with Crippen molar-refractivity contribution in [2.75, 3.05) is 19.8 Å². The van der Waals surface area contributed by atoms with Crippen molar-refractivity contribution in [2.45, 2.75) is 174 Å². The van der Waals surface area contributed by atoms with Crippen LogP contribution in [0.15, 0.2) is 85.1 Å². The molecular weight excluding hydrogens is 604 g/mol. The Bertz CT molecular complexity index is 892. The molecule has 4 heteroatoms. The molecule has 0 radical (unpaired) electrons. The number of carbonyl (C=O) groups is 1. The molecule has 0 heterocycles. The molecule has 1 N–H and O–H groups in total. The Morgan fingerprint density at radius 2 is 0.918 bits per heavy atom. The third-order valence-electron chi connectivity index (χ3n) is 8.20. The fourth-order valence-electron chi connectivity index (χ4n) is 5.19. The third-order valence-corrected chi connectivity index (χ3v) is 8.20. The Balaban J connectivity index is 3.55. The molecule has 1 atom stereocenters. The summed E-state index contributed by atoms with van der Waals surface area (Å²) in [6.45, 7) is 5.15. The average molecular weight is 681 g/mol. The number of ether oxygens (including phenoxy) is 2. The summed E-state index contributed by atoms with van der Waals surface area (Å²) in [5, 5.41) is 9.57. The van der Waals surface area contributed by atoms with E-state index in [1.807, 2.05) is 0 Å². The normalized spacial score (nSPS) is 13.3. The minimum absolute atomic E-state index is 0.185. The number of allylic oxidation sites excluding steroid dienone is 14. The first kappa shape index (κ1) is 46.6. The Morgan fingerprint density at radius 3 is 1.41 bits per heavy atom. The van der Waals surface area contributed by atoms with Crippen LogP contribution in [-0.2, 0) is 14.3 Å². The molecule has 0 aromatic heterocycles. The van der Waals surface area contributed by atoms with Crippen molar-refractivity contribution in [3.63, 3.8) is 0 Å². The molecule has 0 fully saturated rings. The molecule has 0 aromatic carbocycles. The van der Waals surface area contributed by atoms with Gasteiger partial charge in [-0.15, -0.1) is 0 Å². The van der Waals surface area contributed by atoms with Gasteiger partial charge in [-0.1, -0.05) is 163 Å². The number of aliphatic hydroxyl groups is 1. The summed E-state index contributed by atoms with van der Waals surface area (Å²) in [6, 6.07) is 0. The lowest BCUT2D eigenvalue weighted by Gasteiger charge is -2.15. The summed E-state index contributed by atoms with van der Waals surface area (Å²) < 4.78 is 11.1. The Morgan fingerprint density at radius 1 is 0.510 bits per heavy atom. The van der Waals surface area contributed by atoms with Crippen LogP contribution in [0.25, 0.3) is 0 Å². The first-order chi connectivity index (χ1) is 24.2. The zero-order valence-corrected chi connectivity index (χ0v) is 31.9. The monoisotopic (exact) mass is 681 g/mol. The predicted octanol–water partition coefficient (Wildman–Crippen LogP) is 13.2. The van der Waals surface area contributed by atoms with Crippen molar-refractivity contribution in [1.29, 1.82) is 0 Å². The summed E-state index contributed by atoms with van der Waals surface area (Å²) in [7, 11) is 0. The van der Waals surface area contributed by atoms with Crippen LogP contribution in [0.5, 0.6) is 0 Å². The zero-order chi connectivity index (χ0) is 35.6. The fraction of sp³-hybridized carbons (Fsp3) is 0.667. The highest BCUT2D eigenvalue weighted by Crippen LogP contribution is 2.11. The largest absolute Gasteiger partial charge is 0.457 e. The Hall–Kier alpha value is -2.43. The lowest BCUT2D eigenvalue weighted by molar-refractivity contribution is -0.154. The summed E-state index contributed by atoms with van der Waals surface area (Å²) in [5.74, 6) is -0.222. The molecule has 0 saturated heterocycles.